The molecule has 1 saturated carbocycles. The van der Waals surface area contributed by atoms with Crippen molar-refractivity contribution >= 4 is 29.7 Å². The van der Waals surface area contributed by atoms with Crippen LogP contribution in [0.3, 0.4) is 0 Å². The molecule has 4 rings (SSSR count). The number of rotatable bonds is 4. The highest BCUT2D eigenvalue weighted by molar-refractivity contribution is 8.04. The molecule has 0 radical (unpaired) electrons. The number of nitrogens with one attached hydrogen (secondary N) is 2. The normalized spacial score (nSPS) is 25.2. The molecule has 2 amide bonds. The first-order chi connectivity index (χ1) is 14.1. The molecule has 1 heterocycles. The van der Waals surface area contributed by atoms with E-state index < -0.39 is 0 Å². The van der Waals surface area contributed by atoms with Gasteiger partial charge in [-0.1, -0.05) is 42.5 Å². The second-order valence-electron chi connectivity index (χ2n) is 7.51. The molecule has 3 atom stereocenters. The molecule has 2 aromatic rings. The highest BCUT2D eigenvalue weighted by Crippen LogP contribution is 2.39. The van der Waals surface area contributed by atoms with Gasteiger partial charge in [-0.15, -0.1) is 11.8 Å². The van der Waals surface area contributed by atoms with Gasteiger partial charge in [0.15, 0.2) is 0 Å². The topological polar surface area (TPSA) is 58.2 Å². The molecule has 0 bridgehead atoms. The van der Waals surface area contributed by atoms with E-state index in [0.29, 0.717) is 18.2 Å². The Morgan fingerprint density at radius 2 is 1.90 bits per heavy atom. The summed E-state index contributed by atoms with van der Waals surface area (Å²) >= 11 is 1.63. The highest BCUT2D eigenvalue weighted by Gasteiger charge is 2.39. The first kappa shape index (κ1) is 19.7. The average molecular weight is 411 g/mol. The van der Waals surface area contributed by atoms with Gasteiger partial charge in [0.2, 0.25) is 5.91 Å². The van der Waals surface area contributed by atoms with Crippen LogP contribution in [0.15, 0.2) is 59.5 Å². The molecular weight excluding hydrogens is 387 g/mol. The van der Waals surface area contributed by atoms with Crippen molar-refractivity contribution in [3.05, 3.63) is 76.4 Å². The molecule has 2 N–H and O–H groups in total. The van der Waals surface area contributed by atoms with Crippen molar-refractivity contribution in [3.8, 4) is 0 Å². The maximum atomic E-state index is 13.0. The van der Waals surface area contributed by atoms with E-state index in [1.165, 1.54) is 12.1 Å². The van der Waals surface area contributed by atoms with Crippen LogP contribution >= 0.6 is 11.8 Å². The molecule has 6 heteroatoms. The molecule has 150 valence electrons. The van der Waals surface area contributed by atoms with Crippen LogP contribution in [-0.2, 0) is 16.1 Å². The lowest BCUT2D eigenvalue weighted by atomic mass is 9.84. The Bertz CT molecular complexity index is 914. The molecular formula is C23H23FN2O2S. The Morgan fingerprint density at radius 3 is 2.66 bits per heavy atom. The number of carbonyl (C=O) groups is 2. The third-order valence-corrected chi connectivity index (χ3v) is 6.88. The van der Waals surface area contributed by atoms with Gasteiger partial charge in [-0.25, -0.2) is 4.39 Å². The van der Waals surface area contributed by atoms with E-state index >= 15 is 0 Å². The molecule has 0 spiro atoms. The zero-order chi connectivity index (χ0) is 20.2. The Labute approximate surface area is 174 Å². The number of benzene rings is 2. The van der Waals surface area contributed by atoms with Crippen LogP contribution in [0.25, 0.3) is 6.08 Å². The van der Waals surface area contributed by atoms with Crippen LogP contribution in [0.4, 0.5) is 4.39 Å². The van der Waals surface area contributed by atoms with Crippen LogP contribution < -0.4 is 10.6 Å². The molecule has 29 heavy (non-hydrogen) atoms. The van der Waals surface area contributed by atoms with Crippen molar-refractivity contribution in [2.75, 3.05) is 0 Å². The Kier molecular flexibility index (Phi) is 6.00. The minimum absolute atomic E-state index is 0.00218. The molecule has 4 nitrogen and oxygen atoms in total. The Hall–Kier alpha value is -2.60. The first-order valence-electron chi connectivity index (χ1n) is 9.85. The second-order valence-corrected chi connectivity index (χ2v) is 8.79. The summed E-state index contributed by atoms with van der Waals surface area (Å²) in [5.74, 6) is -0.466. The SMILES string of the molecule is O=C1NC2CC(C(=O)NCc3ccc(F)cc3)CCC2S/C1=C\c1ccccc1. The van der Waals surface area contributed by atoms with Crippen molar-refractivity contribution < 1.29 is 14.0 Å². The third-order valence-electron chi connectivity index (χ3n) is 5.45. The van der Waals surface area contributed by atoms with E-state index in [0.717, 1.165) is 28.9 Å². The fourth-order valence-electron chi connectivity index (χ4n) is 3.87. The van der Waals surface area contributed by atoms with E-state index in [1.807, 2.05) is 36.4 Å². The molecule has 2 aromatic carbocycles. The van der Waals surface area contributed by atoms with Gasteiger partial charge in [0.05, 0.1) is 4.91 Å². The van der Waals surface area contributed by atoms with Gasteiger partial charge in [-0.2, -0.15) is 0 Å². The summed E-state index contributed by atoms with van der Waals surface area (Å²) in [6.07, 6.45) is 4.27. The van der Waals surface area contributed by atoms with Gasteiger partial charge < -0.3 is 10.6 Å². The summed E-state index contributed by atoms with van der Waals surface area (Å²) in [4.78, 5) is 25.9. The molecule has 2 aliphatic rings. The fraction of sp³-hybridized carbons (Fsp3) is 0.304. The zero-order valence-corrected chi connectivity index (χ0v) is 16.8. The maximum Gasteiger partial charge on any atom is 0.257 e. The summed E-state index contributed by atoms with van der Waals surface area (Å²) in [6, 6.07) is 16.0. The number of thioether (sulfide) groups is 1. The van der Waals surface area contributed by atoms with E-state index in [4.69, 9.17) is 0 Å². The molecule has 3 unspecified atom stereocenters. The standard InChI is InChI=1S/C23H23FN2O2S/c24-18-9-6-16(7-10-18)14-25-22(27)17-8-11-20-19(13-17)26-23(28)21(29-20)12-15-4-2-1-3-5-15/h1-7,9-10,12,17,19-20H,8,11,13-14H2,(H,25,27)(H,26,28)/b21-12-. The van der Waals surface area contributed by atoms with Crippen LogP contribution in [0, 0.1) is 11.7 Å². The predicted octanol–water partition coefficient (Wildman–Crippen LogP) is 3.88. The number of fused-ring (bicyclic) bond motifs is 1. The van der Waals surface area contributed by atoms with Gasteiger partial charge in [-0.05, 0) is 48.6 Å². The zero-order valence-electron chi connectivity index (χ0n) is 15.9. The summed E-state index contributed by atoms with van der Waals surface area (Å²) in [6.45, 7) is 0.384. The molecule has 0 aromatic heterocycles. The van der Waals surface area contributed by atoms with Crippen LogP contribution in [0.2, 0.25) is 0 Å². The lowest BCUT2D eigenvalue weighted by Gasteiger charge is -2.39. The summed E-state index contributed by atoms with van der Waals surface area (Å²) in [5.41, 5.74) is 1.88. The summed E-state index contributed by atoms with van der Waals surface area (Å²) in [7, 11) is 0. The van der Waals surface area contributed by atoms with Gasteiger partial charge in [-0.3, -0.25) is 9.59 Å². The molecule has 2 fully saturated rings. The first-order valence-corrected chi connectivity index (χ1v) is 10.7. The smallest absolute Gasteiger partial charge is 0.257 e. The van der Waals surface area contributed by atoms with E-state index in [-0.39, 0.29) is 29.6 Å². The van der Waals surface area contributed by atoms with Gasteiger partial charge in [0.1, 0.15) is 5.82 Å². The van der Waals surface area contributed by atoms with E-state index in [9.17, 15) is 14.0 Å². The third kappa shape index (κ3) is 4.88. The monoisotopic (exact) mass is 410 g/mol. The number of carbonyl (C=O) groups excluding carboxylic acids is 2. The second kappa shape index (κ2) is 8.82. The summed E-state index contributed by atoms with van der Waals surface area (Å²) in [5, 5.41) is 6.34. The van der Waals surface area contributed by atoms with Gasteiger partial charge >= 0.3 is 0 Å². The quantitative estimate of drug-likeness (QED) is 0.752. The van der Waals surface area contributed by atoms with Crippen molar-refractivity contribution in [2.45, 2.75) is 37.1 Å². The largest absolute Gasteiger partial charge is 0.352 e. The van der Waals surface area contributed by atoms with Crippen LogP contribution in [0.5, 0.6) is 0 Å². The Balaban J connectivity index is 1.33. The number of hydrogen-bond acceptors (Lipinski definition) is 3. The molecule has 1 aliphatic carbocycles. The fourth-order valence-corrected chi connectivity index (χ4v) is 5.16. The van der Waals surface area contributed by atoms with Crippen LogP contribution in [-0.4, -0.2) is 23.1 Å². The number of halogens is 1. The average Bonchev–Trinajstić information content (AvgIpc) is 2.74. The number of amides is 2. The van der Waals surface area contributed by atoms with Crippen molar-refractivity contribution in [3.63, 3.8) is 0 Å². The van der Waals surface area contributed by atoms with E-state index in [1.54, 1.807) is 23.9 Å². The van der Waals surface area contributed by atoms with Crippen molar-refractivity contribution in [1.82, 2.24) is 10.6 Å². The minimum Gasteiger partial charge on any atom is -0.352 e. The molecule has 1 aliphatic heterocycles. The van der Waals surface area contributed by atoms with Gasteiger partial charge in [0.25, 0.3) is 5.91 Å². The lowest BCUT2D eigenvalue weighted by molar-refractivity contribution is -0.127. The highest BCUT2D eigenvalue weighted by atomic mass is 32.2. The lowest BCUT2D eigenvalue weighted by Crippen LogP contribution is -2.51. The van der Waals surface area contributed by atoms with Gasteiger partial charge in [0, 0.05) is 23.8 Å². The van der Waals surface area contributed by atoms with Crippen LogP contribution in [0.1, 0.15) is 30.4 Å². The minimum atomic E-state index is -0.287. The number of hydrogen-bond donors (Lipinski definition) is 2. The van der Waals surface area contributed by atoms with Crippen molar-refractivity contribution in [2.24, 2.45) is 5.92 Å². The predicted molar refractivity (Wildman–Crippen MR) is 113 cm³/mol. The van der Waals surface area contributed by atoms with Crippen molar-refractivity contribution in [1.29, 1.82) is 0 Å². The maximum absolute atomic E-state index is 13.0. The van der Waals surface area contributed by atoms with E-state index in [2.05, 4.69) is 10.6 Å². The molecule has 1 saturated heterocycles. The summed E-state index contributed by atoms with van der Waals surface area (Å²) < 4.78 is 13.0. The Morgan fingerprint density at radius 1 is 1.14 bits per heavy atom.